The molecule has 0 bridgehead atoms. The highest BCUT2D eigenvalue weighted by atomic mass is 35.5. The Morgan fingerprint density at radius 3 is 3.07 bits per heavy atom. The predicted octanol–water partition coefficient (Wildman–Crippen LogP) is 2.16. The summed E-state index contributed by atoms with van der Waals surface area (Å²) in [5.74, 6) is 1.79. The molecule has 0 saturated heterocycles. The molecule has 1 aromatic heterocycles. The molecule has 1 fully saturated rings. The first-order chi connectivity index (χ1) is 6.75. The Labute approximate surface area is 89.5 Å². The van der Waals surface area contributed by atoms with Gasteiger partial charge in [0.15, 0.2) is 0 Å². The van der Waals surface area contributed by atoms with Crippen LogP contribution in [0.1, 0.15) is 31.5 Å². The van der Waals surface area contributed by atoms with Crippen LogP contribution < -0.4 is 0 Å². The first-order valence-electron chi connectivity index (χ1n) is 5.22. The van der Waals surface area contributed by atoms with Crippen LogP contribution in [0.25, 0.3) is 0 Å². The molecule has 2 atom stereocenters. The van der Waals surface area contributed by atoms with Crippen molar-refractivity contribution in [2.45, 2.75) is 37.5 Å². The summed E-state index contributed by atoms with van der Waals surface area (Å²) in [6, 6.07) is 0. The maximum absolute atomic E-state index is 6.15. The minimum atomic E-state index is 0.377. The SMILES string of the molecule is Cn1ncnc1CC1CCCC(Cl)C1. The summed E-state index contributed by atoms with van der Waals surface area (Å²) in [6.45, 7) is 0. The molecule has 1 aliphatic rings. The number of nitrogens with zero attached hydrogens (tertiary/aromatic N) is 3. The van der Waals surface area contributed by atoms with Crippen molar-refractivity contribution < 1.29 is 0 Å². The molecule has 0 radical (unpaired) electrons. The summed E-state index contributed by atoms with van der Waals surface area (Å²) in [4.78, 5) is 4.24. The van der Waals surface area contributed by atoms with Gasteiger partial charge in [-0.3, -0.25) is 4.68 Å². The van der Waals surface area contributed by atoms with Crippen molar-refractivity contribution in [3.63, 3.8) is 0 Å². The lowest BCUT2D eigenvalue weighted by Crippen LogP contribution is -2.19. The van der Waals surface area contributed by atoms with E-state index in [1.54, 1.807) is 6.33 Å². The zero-order valence-corrected chi connectivity index (χ0v) is 9.24. The number of aromatic nitrogens is 3. The Morgan fingerprint density at radius 1 is 1.57 bits per heavy atom. The van der Waals surface area contributed by atoms with Gasteiger partial charge in [0.25, 0.3) is 0 Å². The Hall–Kier alpha value is -0.570. The summed E-state index contributed by atoms with van der Waals surface area (Å²) in [7, 11) is 1.95. The van der Waals surface area contributed by atoms with Gasteiger partial charge in [0.05, 0.1) is 0 Å². The van der Waals surface area contributed by atoms with Crippen LogP contribution >= 0.6 is 11.6 Å². The molecule has 3 nitrogen and oxygen atoms in total. The molecule has 1 heterocycles. The molecule has 0 N–H and O–H groups in total. The zero-order valence-electron chi connectivity index (χ0n) is 8.49. The van der Waals surface area contributed by atoms with Crippen LogP contribution in [0.15, 0.2) is 6.33 Å². The highest BCUT2D eigenvalue weighted by Crippen LogP contribution is 2.29. The third kappa shape index (κ3) is 2.27. The van der Waals surface area contributed by atoms with Gasteiger partial charge in [-0.15, -0.1) is 11.6 Å². The summed E-state index contributed by atoms with van der Waals surface area (Å²) >= 11 is 6.15. The van der Waals surface area contributed by atoms with Crippen LogP contribution in [-0.2, 0) is 13.5 Å². The molecule has 2 rings (SSSR count). The number of rotatable bonds is 2. The fraction of sp³-hybridized carbons (Fsp3) is 0.800. The van der Waals surface area contributed by atoms with Crippen molar-refractivity contribution in [2.75, 3.05) is 0 Å². The van der Waals surface area contributed by atoms with E-state index in [0.29, 0.717) is 11.3 Å². The quantitative estimate of drug-likeness (QED) is 0.705. The third-order valence-electron chi connectivity index (χ3n) is 3.00. The van der Waals surface area contributed by atoms with Crippen LogP contribution in [0.4, 0.5) is 0 Å². The van der Waals surface area contributed by atoms with E-state index < -0.39 is 0 Å². The van der Waals surface area contributed by atoms with Gasteiger partial charge in [0.2, 0.25) is 0 Å². The summed E-state index contributed by atoms with van der Waals surface area (Å²) in [6.07, 6.45) is 7.51. The lowest BCUT2D eigenvalue weighted by molar-refractivity contribution is 0.352. The van der Waals surface area contributed by atoms with Gasteiger partial charge < -0.3 is 0 Å². The monoisotopic (exact) mass is 213 g/mol. The number of halogens is 1. The van der Waals surface area contributed by atoms with E-state index in [1.165, 1.54) is 19.3 Å². The summed E-state index contributed by atoms with van der Waals surface area (Å²) < 4.78 is 1.86. The van der Waals surface area contributed by atoms with Crippen LogP contribution in [0.5, 0.6) is 0 Å². The zero-order chi connectivity index (χ0) is 9.97. The van der Waals surface area contributed by atoms with Gasteiger partial charge in [0, 0.05) is 18.8 Å². The molecular formula is C10H16ClN3. The van der Waals surface area contributed by atoms with Crippen LogP contribution in [0, 0.1) is 5.92 Å². The van der Waals surface area contributed by atoms with Crippen LogP contribution in [0.3, 0.4) is 0 Å². The van der Waals surface area contributed by atoms with Gasteiger partial charge in [0.1, 0.15) is 12.2 Å². The van der Waals surface area contributed by atoms with Crippen LogP contribution in [-0.4, -0.2) is 20.1 Å². The maximum atomic E-state index is 6.15. The highest BCUT2D eigenvalue weighted by Gasteiger charge is 2.21. The fourth-order valence-corrected chi connectivity index (χ4v) is 2.58. The van der Waals surface area contributed by atoms with Gasteiger partial charge in [-0.2, -0.15) is 5.10 Å². The summed E-state index contributed by atoms with van der Waals surface area (Å²) in [5.41, 5.74) is 0. The van der Waals surface area contributed by atoms with Gasteiger partial charge in [-0.05, 0) is 25.2 Å². The molecular weight excluding hydrogens is 198 g/mol. The molecule has 14 heavy (non-hydrogen) atoms. The van der Waals surface area contributed by atoms with Crippen molar-refractivity contribution >= 4 is 11.6 Å². The molecule has 1 saturated carbocycles. The predicted molar refractivity (Wildman–Crippen MR) is 56.3 cm³/mol. The first-order valence-corrected chi connectivity index (χ1v) is 5.66. The molecule has 78 valence electrons. The standard InChI is InChI=1S/C10H16ClN3/c1-14-10(12-7-13-14)6-8-3-2-4-9(11)5-8/h7-9H,2-6H2,1H3. The van der Waals surface area contributed by atoms with E-state index in [9.17, 15) is 0 Å². The van der Waals surface area contributed by atoms with Crippen molar-refractivity contribution in [3.05, 3.63) is 12.2 Å². The van der Waals surface area contributed by atoms with Crippen molar-refractivity contribution in [1.29, 1.82) is 0 Å². The number of aryl methyl sites for hydroxylation is 1. The molecule has 1 aliphatic carbocycles. The normalized spacial score (nSPS) is 27.9. The smallest absolute Gasteiger partial charge is 0.138 e. The topological polar surface area (TPSA) is 30.7 Å². The van der Waals surface area contributed by atoms with Crippen molar-refractivity contribution in [3.8, 4) is 0 Å². The van der Waals surface area contributed by atoms with E-state index in [0.717, 1.165) is 18.7 Å². The van der Waals surface area contributed by atoms with Gasteiger partial charge >= 0.3 is 0 Å². The van der Waals surface area contributed by atoms with E-state index in [-0.39, 0.29) is 0 Å². The van der Waals surface area contributed by atoms with Crippen LogP contribution in [0.2, 0.25) is 0 Å². The molecule has 2 unspecified atom stereocenters. The average molecular weight is 214 g/mol. The maximum Gasteiger partial charge on any atom is 0.138 e. The lowest BCUT2D eigenvalue weighted by atomic mass is 9.86. The molecule has 1 aromatic rings. The van der Waals surface area contributed by atoms with Gasteiger partial charge in [-0.25, -0.2) is 4.98 Å². The van der Waals surface area contributed by atoms with Gasteiger partial charge in [-0.1, -0.05) is 6.42 Å². The Morgan fingerprint density at radius 2 is 2.43 bits per heavy atom. The second kappa shape index (κ2) is 4.30. The number of hydrogen-bond donors (Lipinski definition) is 0. The Balaban J connectivity index is 1.94. The minimum Gasteiger partial charge on any atom is -0.253 e. The molecule has 4 heteroatoms. The number of alkyl halides is 1. The van der Waals surface area contributed by atoms with Crippen molar-refractivity contribution in [2.24, 2.45) is 13.0 Å². The average Bonchev–Trinajstić information content (AvgIpc) is 2.52. The molecule has 0 aliphatic heterocycles. The summed E-state index contributed by atoms with van der Waals surface area (Å²) in [5, 5.41) is 4.45. The van der Waals surface area contributed by atoms with E-state index in [4.69, 9.17) is 11.6 Å². The van der Waals surface area contributed by atoms with E-state index >= 15 is 0 Å². The largest absolute Gasteiger partial charge is 0.253 e. The number of hydrogen-bond acceptors (Lipinski definition) is 2. The van der Waals surface area contributed by atoms with E-state index in [2.05, 4.69) is 10.1 Å². The third-order valence-corrected chi connectivity index (χ3v) is 3.39. The first kappa shape index (κ1) is 9.97. The van der Waals surface area contributed by atoms with E-state index in [1.807, 2.05) is 11.7 Å². The highest BCUT2D eigenvalue weighted by molar-refractivity contribution is 6.20. The minimum absolute atomic E-state index is 0.377. The van der Waals surface area contributed by atoms with Crippen molar-refractivity contribution in [1.82, 2.24) is 14.8 Å². The Kier molecular flexibility index (Phi) is 3.06. The molecule has 0 spiro atoms. The molecule has 0 aromatic carbocycles. The second-order valence-electron chi connectivity index (χ2n) is 4.13. The fourth-order valence-electron chi connectivity index (χ4n) is 2.17. The second-order valence-corrected chi connectivity index (χ2v) is 4.75. The Bertz CT molecular complexity index is 297. The molecule has 0 amide bonds. The lowest BCUT2D eigenvalue weighted by Gasteiger charge is -2.24.